The van der Waals surface area contributed by atoms with Crippen LogP contribution < -0.4 is 16.0 Å². The second-order valence-electron chi connectivity index (χ2n) is 12.6. The van der Waals surface area contributed by atoms with Crippen LogP contribution in [0.1, 0.15) is 62.8 Å². The Morgan fingerprint density at radius 1 is 0.929 bits per heavy atom. The van der Waals surface area contributed by atoms with Crippen LogP contribution in [-0.2, 0) is 0 Å². The van der Waals surface area contributed by atoms with Gasteiger partial charge in [-0.2, -0.15) is 0 Å². The van der Waals surface area contributed by atoms with Crippen molar-refractivity contribution in [1.82, 2.24) is 30.4 Å². The summed E-state index contributed by atoms with van der Waals surface area (Å²) < 4.78 is 0. The average molecular weight is 567 g/mol. The molecule has 3 fully saturated rings. The highest BCUT2D eigenvalue weighted by atomic mass is 16.3. The number of phenolic OH excluding ortho intramolecular Hbond substituents is 1. The first-order chi connectivity index (χ1) is 20.5. The molecular formula is C33H42N8O. The summed E-state index contributed by atoms with van der Waals surface area (Å²) in [6.07, 6.45) is 11.2. The first-order valence-electron chi connectivity index (χ1n) is 15.7. The van der Waals surface area contributed by atoms with E-state index in [9.17, 15) is 5.11 Å². The van der Waals surface area contributed by atoms with Crippen molar-refractivity contribution in [3.8, 4) is 17.0 Å². The number of hydrogen-bond donors (Lipinski definition) is 3. The number of fused-ring (bicyclic) bond motifs is 1. The van der Waals surface area contributed by atoms with Crippen LogP contribution in [-0.4, -0.2) is 75.5 Å². The number of aromatic hydroxyl groups is 1. The number of nitrogens with two attached hydrogens (primary N) is 1. The number of para-hydroxylation sites is 1. The van der Waals surface area contributed by atoms with Crippen LogP contribution in [0.3, 0.4) is 0 Å². The van der Waals surface area contributed by atoms with E-state index in [0.29, 0.717) is 34.8 Å². The van der Waals surface area contributed by atoms with E-state index in [1.165, 1.54) is 55.5 Å². The zero-order valence-corrected chi connectivity index (χ0v) is 24.5. The lowest BCUT2D eigenvalue weighted by atomic mass is 9.71. The number of rotatable bonds is 5. The van der Waals surface area contributed by atoms with Gasteiger partial charge in [-0.25, -0.2) is 9.97 Å². The topological polar surface area (TPSA) is 116 Å². The predicted octanol–water partition coefficient (Wildman–Crippen LogP) is 4.47. The van der Waals surface area contributed by atoms with Crippen LogP contribution >= 0.6 is 0 Å². The van der Waals surface area contributed by atoms with Gasteiger partial charge in [0.05, 0.1) is 11.4 Å². The Morgan fingerprint density at radius 2 is 1.69 bits per heavy atom. The number of piperidine rings is 2. The number of aromatic nitrogens is 4. The van der Waals surface area contributed by atoms with Crippen LogP contribution in [0.25, 0.3) is 16.8 Å². The van der Waals surface area contributed by atoms with Crippen LogP contribution in [0.15, 0.2) is 48.3 Å². The normalized spacial score (nSPS) is 24.3. The lowest BCUT2D eigenvalue weighted by molar-refractivity contribution is 0.127. The summed E-state index contributed by atoms with van der Waals surface area (Å²) in [5.41, 5.74) is 12.7. The van der Waals surface area contributed by atoms with Gasteiger partial charge in [0.25, 0.3) is 0 Å². The molecule has 0 saturated carbocycles. The molecule has 3 aliphatic heterocycles. The van der Waals surface area contributed by atoms with Gasteiger partial charge in [0, 0.05) is 43.0 Å². The van der Waals surface area contributed by atoms with E-state index in [1.54, 1.807) is 12.1 Å². The van der Waals surface area contributed by atoms with Gasteiger partial charge in [-0.1, -0.05) is 24.6 Å². The summed E-state index contributed by atoms with van der Waals surface area (Å²) in [4.78, 5) is 14.9. The summed E-state index contributed by atoms with van der Waals surface area (Å²) in [6.45, 7) is 8.79. The Morgan fingerprint density at radius 3 is 2.45 bits per heavy atom. The number of phenols is 1. The smallest absolute Gasteiger partial charge is 0.169 e. The quantitative estimate of drug-likeness (QED) is 0.411. The molecule has 42 heavy (non-hydrogen) atoms. The monoisotopic (exact) mass is 566 g/mol. The zero-order valence-electron chi connectivity index (χ0n) is 24.5. The third kappa shape index (κ3) is 5.24. The minimum atomic E-state index is 0.189. The van der Waals surface area contributed by atoms with Crippen LogP contribution in [0.2, 0.25) is 0 Å². The summed E-state index contributed by atoms with van der Waals surface area (Å²) >= 11 is 0. The van der Waals surface area contributed by atoms with Crippen LogP contribution in [0.4, 0.5) is 11.5 Å². The van der Waals surface area contributed by atoms with Crippen molar-refractivity contribution >= 4 is 17.1 Å². The molecule has 3 aromatic rings. The highest BCUT2D eigenvalue weighted by molar-refractivity contribution is 5.75. The van der Waals surface area contributed by atoms with Crippen molar-refractivity contribution in [1.29, 1.82) is 0 Å². The molecule has 2 aromatic heterocycles. The second kappa shape index (κ2) is 11.6. The molecule has 220 valence electrons. The number of likely N-dealkylation sites (tertiary alicyclic amines) is 1. The van der Waals surface area contributed by atoms with Gasteiger partial charge in [-0.3, -0.25) is 0 Å². The lowest BCUT2D eigenvalue weighted by Gasteiger charge is -2.39. The van der Waals surface area contributed by atoms with Gasteiger partial charge < -0.3 is 26.0 Å². The number of anilines is 2. The number of allylic oxidation sites excluding steroid dienone is 1. The molecular weight excluding hydrogens is 524 g/mol. The maximum Gasteiger partial charge on any atom is 0.169 e. The number of benzene rings is 1. The molecule has 1 aromatic carbocycles. The predicted molar refractivity (Wildman–Crippen MR) is 166 cm³/mol. The van der Waals surface area contributed by atoms with E-state index in [-0.39, 0.29) is 5.75 Å². The summed E-state index contributed by atoms with van der Waals surface area (Å²) in [6, 6.07) is 9.94. The fourth-order valence-corrected chi connectivity index (χ4v) is 7.69. The van der Waals surface area contributed by atoms with E-state index in [1.807, 2.05) is 18.2 Å². The van der Waals surface area contributed by atoms with E-state index < -0.39 is 0 Å². The molecule has 5 heterocycles. The fraction of sp³-hybridized carbons (Fsp3) is 0.515. The van der Waals surface area contributed by atoms with Gasteiger partial charge in [0.1, 0.15) is 5.75 Å². The van der Waals surface area contributed by atoms with Crippen molar-refractivity contribution in [2.45, 2.75) is 57.4 Å². The van der Waals surface area contributed by atoms with Gasteiger partial charge in [0.2, 0.25) is 0 Å². The molecule has 0 radical (unpaired) electrons. The standard InChI is InChI=1S/C33H42N8O/c1-21-8-13-41(29-17-28(38-39-32(29)34)26-4-2-3-5-30(26)42)20-23-16-27(31(21)23)33-36-18-24(19-37-33)22-9-14-40(15-10-22)25-6-11-35-12-7-25/h2-5,17-19,21-23,25,35,42H,6-16,20H2,1H3,(H2,34,39). The van der Waals surface area contributed by atoms with Crippen molar-refractivity contribution in [3.63, 3.8) is 0 Å². The molecule has 0 spiro atoms. The molecule has 9 heteroatoms. The van der Waals surface area contributed by atoms with Gasteiger partial charge in [0.15, 0.2) is 11.6 Å². The number of hydrogen-bond acceptors (Lipinski definition) is 9. The highest BCUT2D eigenvalue weighted by Gasteiger charge is 2.38. The SMILES string of the molecule is CC1CCN(c2cc(-c3ccccc3O)nnc2N)CC2CC(c3ncc(C4CCN(C5CCNCC5)CC4)cn3)=C12. The Labute approximate surface area is 248 Å². The largest absolute Gasteiger partial charge is 0.507 e. The Bertz CT molecular complexity index is 1440. The summed E-state index contributed by atoms with van der Waals surface area (Å²) in [7, 11) is 0. The number of nitrogens with one attached hydrogen (secondary N) is 1. The van der Waals surface area contributed by atoms with E-state index in [0.717, 1.165) is 56.6 Å². The summed E-state index contributed by atoms with van der Waals surface area (Å²) in [5.74, 6) is 2.99. The van der Waals surface area contributed by atoms with Crippen molar-refractivity contribution < 1.29 is 5.11 Å². The van der Waals surface area contributed by atoms with E-state index in [4.69, 9.17) is 15.7 Å². The fourth-order valence-electron chi connectivity index (χ4n) is 7.69. The summed E-state index contributed by atoms with van der Waals surface area (Å²) in [5, 5.41) is 22.4. The highest BCUT2D eigenvalue weighted by Crippen LogP contribution is 2.48. The van der Waals surface area contributed by atoms with Crippen molar-refractivity contribution in [2.75, 3.05) is 49.9 Å². The lowest BCUT2D eigenvalue weighted by Crippen LogP contribution is -2.46. The minimum absolute atomic E-state index is 0.189. The third-order valence-electron chi connectivity index (χ3n) is 10.1. The molecule has 2 atom stereocenters. The minimum Gasteiger partial charge on any atom is -0.507 e. The molecule has 1 aliphatic carbocycles. The molecule has 2 unspecified atom stereocenters. The molecule has 9 nitrogen and oxygen atoms in total. The van der Waals surface area contributed by atoms with Crippen molar-refractivity contribution in [2.24, 2.45) is 11.8 Å². The second-order valence-corrected chi connectivity index (χ2v) is 12.6. The molecule has 7 rings (SSSR count). The molecule has 0 amide bonds. The van der Waals surface area contributed by atoms with Crippen LogP contribution in [0.5, 0.6) is 5.75 Å². The van der Waals surface area contributed by atoms with E-state index in [2.05, 4.69) is 44.6 Å². The van der Waals surface area contributed by atoms with Gasteiger partial charge >= 0.3 is 0 Å². The Kier molecular flexibility index (Phi) is 7.54. The first-order valence-corrected chi connectivity index (χ1v) is 15.7. The number of nitrogen functional groups attached to an aromatic ring is 1. The molecule has 0 bridgehead atoms. The van der Waals surface area contributed by atoms with E-state index >= 15 is 0 Å². The first kappa shape index (κ1) is 27.3. The zero-order chi connectivity index (χ0) is 28.6. The molecule has 3 saturated heterocycles. The maximum atomic E-state index is 10.4. The third-order valence-corrected chi connectivity index (χ3v) is 10.1. The Balaban J connectivity index is 1.04. The molecule has 4 aliphatic rings. The van der Waals surface area contributed by atoms with Crippen molar-refractivity contribution in [3.05, 3.63) is 59.7 Å². The van der Waals surface area contributed by atoms with Gasteiger partial charge in [-0.15, -0.1) is 10.2 Å². The van der Waals surface area contributed by atoms with Gasteiger partial charge in [-0.05, 0) is 106 Å². The Hall–Kier alpha value is -3.56. The maximum absolute atomic E-state index is 10.4. The number of nitrogens with zero attached hydrogens (tertiary/aromatic N) is 6. The average Bonchev–Trinajstić information content (AvgIpc) is 3.14. The van der Waals surface area contributed by atoms with Crippen LogP contribution in [0, 0.1) is 11.8 Å². The molecule has 4 N–H and O–H groups in total.